The Bertz CT molecular complexity index is 2340. The number of anilines is 5. The SMILES string of the molecule is C=CC(=O)Nc1cc(Nc2nc(-c3ccnc(N4CCn5c(cc6c5CC(C)(C)C6)C4=O)c3CO)cn(C)c2=O)ccc1N1CCC(N2CCC(F)(F)CC2)C[C@@H]1C. The van der Waals surface area contributed by atoms with Crippen molar-refractivity contribution in [1.29, 1.82) is 0 Å². The highest BCUT2D eigenvalue weighted by molar-refractivity contribution is 6.06. The molecule has 2 saturated heterocycles. The molecule has 58 heavy (non-hydrogen) atoms. The number of amides is 2. The van der Waals surface area contributed by atoms with Gasteiger partial charge in [0.25, 0.3) is 17.4 Å². The van der Waals surface area contributed by atoms with Crippen LogP contribution < -0.4 is 26.0 Å². The predicted molar refractivity (Wildman–Crippen MR) is 220 cm³/mol. The molecule has 4 aromatic rings. The summed E-state index contributed by atoms with van der Waals surface area (Å²) in [5.74, 6) is -2.81. The Morgan fingerprint density at radius 2 is 1.84 bits per heavy atom. The lowest BCUT2D eigenvalue weighted by atomic mass is 9.90. The van der Waals surface area contributed by atoms with E-state index < -0.39 is 24.0 Å². The second kappa shape index (κ2) is 15.1. The number of likely N-dealkylation sites (tertiary alicyclic amines) is 1. The van der Waals surface area contributed by atoms with Crippen molar-refractivity contribution in [2.75, 3.05) is 46.6 Å². The number of nitrogens with one attached hydrogen (secondary N) is 2. The standard InChI is InChI=1S/C43H51F2N9O4/c1-6-37(56)48-32-21-28(7-8-34(32)52-14-10-29(19-26(52)2)51-15-11-43(44,45)12-16-51)47-38-41(58)50(5)24-33(49-38)30-9-13-46-39(31(30)25-55)54-18-17-53-35(40(54)57)20-27-22-42(3,4)23-36(27)53/h6-9,13,20-21,24,26,29,55H,1,10-12,14-19,22-23,25H2,2-5H3,(H,47,49)(H,48,56)/t26-,29?/m0/s1. The minimum absolute atomic E-state index is 0.0154. The van der Waals surface area contributed by atoms with Crippen LogP contribution >= 0.6 is 0 Å². The molecule has 2 atom stereocenters. The van der Waals surface area contributed by atoms with Crippen LogP contribution in [-0.4, -0.2) is 85.1 Å². The number of pyridine rings is 1. The Morgan fingerprint density at radius 1 is 1.07 bits per heavy atom. The van der Waals surface area contributed by atoms with Crippen LogP contribution in [0.25, 0.3) is 11.3 Å². The molecule has 15 heteroatoms. The molecule has 8 rings (SSSR count). The zero-order chi connectivity index (χ0) is 41.1. The van der Waals surface area contributed by atoms with E-state index in [-0.39, 0.29) is 42.1 Å². The van der Waals surface area contributed by atoms with Crippen LogP contribution in [-0.2, 0) is 37.8 Å². The Hall–Kier alpha value is -5.41. The lowest BCUT2D eigenvalue weighted by Crippen LogP contribution is -2.52. The summed E-state index contributed by atoms with van der Waals surface area (Å²) in [5, 5.41) is 16.8. The Balaban J connectivity index is 1.05. The van der Waals surface area contributed by atoms with E-state index in [2.05, 4.69) is 57.3 Å². The first-order valence-corrected chi connectivity index (χ1v) is 20.1. The number of aryl methyl sites for hydroxylation is 1. The monoisotopic (exact) mass is 795 g/mol. The van der Waals surface area contributed by atoms with Gasteiger partial charge in [-0.3, -0.25) is 24.2 Å². The van der Waals surface area contributed by atoms with Crippen molar-refractivity contribution < 1.29 is 23.5 Å². The van der Waals surface area contributed by atoms with Gasteiger partial charge in [-0.2, -0.15) is 0 Å². The minimum atomic E-state index is -2.59. The normalized spacial score (nSPS) is 21.4. The predicted octanol–water partition coefficient (Wildman–Crippen LogP) is 5.88. The molecule has 0 saturated carbocycles. The van der Waals surface area contributed by atoms with Gasteiger partial charge in [0.15, 0.2) is 5.82 Å². The molecule has 306 valence electrons. The van der Waals surface area contributed by atoms with E-state index in [4.69, 9.17) is 4.98 Å². The highest BCUT2D eigenvalue weighted by Crippen LogP contribution is 2.41. The number of rotatable bonds is 9. The number of hydrogen-bond acceptors (Lipinski definition) is 9. The number of aromatic nitrogens is 4. The first-order chi connectivity index (χ1) is 27.6. The van der Waals surface area contributed by atoms with Gasteiger partial charge in [0, 0.05) is 99.6 Å². The topological polar surface area (TPSA) is 141 Å². The summed E-state index contributed by atoms with van der Waals surface area (Å²) in [5.41, 5.74) is 5.93. The number of alkyl halides is 2. The molecule has 1 aliphatic carbocycles. The van der Waals surface area contributed by atoms with Crippen LogP contribution in [0.2, 0.25) is 0 Å². The number of aliphatic hydroxyl groups excluding tert-OH is 1. The largest absolute Gasteiger partial charge is 0.392 e. The summed E-state index contributed by atoms with van der Waals surface area (Å²) in [6.07, 6.45) is 7.55. The first-order valence-electron chi connectivity index (χ1n) is 20.1. The Kier molecular flexibility index (Phi) is 10.2. The van der Waals surface area contributed by atoms with Gasteiger partial charge in [-0.15, -0.1) is 0 Å². The fraction of sp³-hybridized carbons (Fsp3) is 0.465. The number of benzene rings is 1. The van der Waals surface area contributed by atoms with E-state index in [1.165, 1.54) is 21.9 Å². The molecule has 6 heterocycles. The van der Waals surface area contributed by atoms with Crippen LogP contribution in [0.4, 0.5) is 37.5 Å². The van der Waals surface area contributed by atoms with E-state index in [1.807, 2.05) is 18.2 Å². The number of piperidine rings is 2. The molecule has 0 bridgehead atoms. The summed E-state index contributed by atoms with van der Waals surface area (Å²) in [6.45, 7) is 12.2. The number of nitrogens with zero attached hydrogens (tertiary/aromatic N) is 7. The highest BCUT2D eigenvalue weighted by atomic mass is 19.3. The summed E-state index contributed by atoms with van der Waals surface area (Å²) < 4.78 is 31.3. The third-order valence-corrected chi connectivity index (χ3v) is 12.3. The van der Waals surface area contributed by atoms with Crippen molar-refractivity contribution in [2.24, 2.45) is 12.5 Å². The summed E-state index contributed by atoms with van der Waals surface area (Å²) in [6, 6.07) is 9.42. The number of carbonyl (C=O) groups excluding carboxylic acids is 2. The van der Waals surface area contributed by atoms with Crippen molar-refractivity contribution in [3.8, 4) is 11.3 Å². The van der Waals surface area contributed by atoms with Gasteiger partial charge < -0.3 is 29.8 Å². The first kappa shape index (κ1) is 39.4. The van der Waals surface area contributed by atoms with Gasteiger partial charge in [0.1, 0.15) is 11.5 Å². The van der Waals surface area contributed by atoms with Crippen LogP contribution in [0.5, 0.6) is 0 Å². The van der Waals surface area contributed by atoms with Crippen LogP contribution in [0.1, 0.15) is 73.8 Å². The van der Waals surface area contributed by atoms with Gasteiger partial charge in [0.2, 0.25) is 5.91 Å². The average Bonchev–Trinajstić information content (AvgIpc) is 3.68. The molecule has 2 amide bonds. The van der Waals surface area contributed by atoms with Crippen molar-refractivity contribution in [1.82, 2.24) is 24.0 Å². The number of halogens is 2. The third kappa shape index (κ3) is 7.41. The Labute approximate surface area is 336 Å². The number of hydrogen-bond donors (Lipinski definition) is 3. The van der Waals surface area contributed by atoms with E-state index in [1.54, 1.807) is 36.5 Å². The molecule has 2 fully saturated rings. The maximum atomic E-state index is 14.0. The van der Waals surface area contributed by atoms with Crippen molar-refractivity contribution in [2.45, 2.75) is 90.5 Å². The van der Waals surface area contributed by atoms with Crippen molar-refractivity contribution in [3.63, 3.8) is 0 Å². The lowest BCUT2D eigenvalue weighted by Gasteiger charge is -2.45. The van der Waals surface area contributed by atoms with E-state index in [0.29, 0.717) is 72.4 Å². The highest BCUT2D eigenvalue weighted by Gasteiger charge is 2.40. The van der Waals surface area contributed by atoms with Gasteiger partial charge in [-0.05, 0) is 80.0 Å². The van der Waals surface area contributed by atoms with E-state index >= 15 is 0 Å². The molecule has 4 aliphatic rings. The van der Waals surface area contributed by atoms with Gasteiger partial charge in [-0.25, -0.2) is 18.7 Å². The number of aliphatic hydroxyl groups is 1. The molecule has 3 N–H and O–H groups in total. The fourth-order valence-corrected chi connectivity index (χ4v) is 9.38. The molecule has 0 radical (unpaired) electrons. The van der Waals surface area contributed by atoms with Crippen LogP contribution in [0.15, 0.2) is 60.2 Å². The molecule has 13 nitrogen and oxygen atoms in total. The molecule has 1 aromatic carbocycles. The second-order valence-electron chi connectivity index (χ2n) is 17.0. The third-order valence-electron chi connectivity index (χ3n) is 12.3. The smallest absolute Gasteiger partial charge is 0.293 e. The summed E-state index contributed by atoms with van der Waals surface area (Å²) in [7, 11) is 1.61. The zero-order valence-electron chi connectivity index (χ0n) is 33.5. The maximum Gasteiger partial charge on any atom is 0.293 e. The van der Waals surface area contributed by atoms with Crippen molar-refractivity contribution >= 4 is 40.5 Å². The van der Waals surface area contributed by atoms with Gasteiger partial charge >= 0.3 is 0 Å². The minimum Gasteiger partial charge on any atom is -0.392 e. The van der Waals surface area contributed by atoms with E-state index in [0.717, 1.165) is 31.4 Å². The van der Waals surface area contributed by atoms with Crippen LogP contribution in [0.3, 0.4) is 0 Å². The molecule has 3 aliphatic heterocycles. The fourth-order valence-electron chi connectivity index (χ4n) is 9.38. The zero-order valence-corrected chi connectivity index (χ0v) is 33.5. The number of fused-ring (bicyclic) bond motifs is 3. The van der Waals surface area contributed by atoms with Gasteiger partial charge in [-0.1, -0.05) is 20.4 Å². The Morgan fingerprint density at radius 3 is 2.57 bits per heavy atom. The molecule has 1 unspecified atom stereocenters. The summed E-state index contributed by atoms with van der Waals surface area (Å²) >= 11 is 0. The molecule has 3 aromatic heterocycles. The molecule has 0 spiro atoms. The van der Waals surface area contributed by atoms with E-state index in [9.17, 15) is 28.3 Å². The lowest BCUT2D eigenvalue weighted by molar-refractivity contribution is -0.111. The average molecular weight is 796 g/mol. The van der Waals surface area contributed by atoms with Crippen LogP contribution in [0, 0.1) is 5.41 Å². The van der Waals surface area contributed by atoms with Gasteiger partial charge in [0.05, 0.1) is 23.7 Å². The molecular weight excluding hydrogens is 745 g/mol. The van der Waals surface area contributed by atoms with Crippen molar-refractivity contribution in [3.05, 3.63) is 88.2 Å². The molecular formula is C43H51F2N9O4. The quantitative estimate of drug-likeness (QED) is 0.177. The maximum absolute atomic E-state index is 14.0. The second-order valence-corrected chi connectivity index (χ2v) is 17.0. The number of carbonyl (C=O) groups is 2. The summed E-state index contributed by atoms with van der Waals surface area (Å²) in [4.78, 5) is 55.5.